The van der Waals surface area contributed by atoms with Gasteiger partial charge in [0, 0.05) is 10.5 Å². The monoisotopic (exact) mass is 387 g/mol. The largest absolute Gasteiger partial charge is 0.508 e. The lowest BCUT2D eigenvalue weighted by Gasteiger charge is -2.33. The highest BCUT2D eigenvalue weighted by Gasteiger charge is 2.30. The van der Waals surface area contributed by atoms with E-state index in [0.717, 1.165) is 27.1 Å². The lowest BCUT2D eigenvalue weighted by atomic mass is 9.72. The Labute approximate surface area is 163 Å². The van der Waals surface area contributed by atoms with Gasteiger partial charge in [-0.05, 0) is 47.6 Å². The molecule has 0 aliphatic rings. The third-order valence-electron chi connectivity index (χ3n) is 4.31. The van der Waals surface area contributed by atoms with Gasteiger partial charge in [0.25, 0.3) is 0 Å². The first-order valence-electron chi connectivity index (χ1n) is 8.63. The average Bonchev–Trinajstić information content (AvgIpc) is 2.95. The zero-order chi connectivity index (χ0) is 19.1. The van der Waals surface area contributed by atoms with Crippen LogP contribution in [-0.4, -0.2) is 15.2 Å². The van der Waals surface area contributed by atoms with E-state index in [0.29, 0.717) is 4.90 Å². The highest BCUT2D eigenvalue weighted by Crippen LogP contribution is 2.45. The van der Waals surface area contributed by atoms with Gasteiger partial charge in [-0.2, -0.15) is 0 Å². The SMILES string of the molecule is CC(C)(C)CC(C)(C)c1cc(O)c(Sc2ccc3scnc3c2)cc1O. The van der Waals surface area contributed by atoms with Gasteiger partial charge in [-0.25, -0.2) is 4.98 Å². The topological polar surface area (TPSA) is 53.4 Å². The summed E-state index contributed by atoms with van der Waals surface area (Å²) in [4.78, 5) is 5.97. The minimum absolute atomic E-state index is 0.127. The van der Waals surface area contributed by atoms with Crippen LogP contribution in [0.1, 0.15) is 46.6 Å². The van der Waals surface area contributed by atoms with Crippen molar-refractivity contribution in [3.05, 3.63) is 41.4 Å². The van der Waals surface area contributed by atoms with Crippen molar-refractivity contribution in [1.29, 1.82) is 0 Å². The Morgan fingerprint density at radius 3 is 2.42 bits per heavy atom. The fourth-order valence-electron chi connectivity index (χ4n) is 3.63. The molecule has 0 radical (unpaired) electrons. The van der Waals surface area contributed by atoms with Crippen LogP contribution in [0.2, 0.25) is 0 Å². The first kappa shape index (κ1) is 19.1. The molecule has 0 bridgehead atoms. The van der Waals surface area contributed by atoms with Crippen LogP contribution in [0, 0.1) is 5.41 Å². The van der Waals surface area contributed by atoms with Crippen LogP contribution in [0.4, 0.5) is 0 Å². The number of rotatable bonds is 4. The number of benzene rings is 2. The predicted molar refractivity (Wildman–Crippen MR) is 111 cm³/mol. The van der Waals surface area contributed by atoms with E-state index in [1.54, 1.807) is 23.5 Å². The number of aromatic nitrogens is 1. The summed E-state index contributed by atoms with van der Waals surface area (Å²) >= 11 is 3.04. The Kier molecular flexibility index (Phi) is 4.97. The van der Waals surface area contributed by atoms with Crippen molar-refractivity contribution in [2.45, 2.75) is 56.2 Å². The molecule has 26 heavy (non-hydrogen) atoms. The lowest BCUT2D eigenvalue weighted by molar-refractivity contribution is 0.277. The predicted octanol–water partition coefficient (Wildman–Crippen LogP) is 6.57. The highest BCUT2D eigenvalue weighted by molar-refractivity contribution is 7.99. The molecule has 0 aliphatic heterocycles. The van der Waals surface area contributed by atoms with Gasteiger partial charge in [0.15, 0.2) is 0 Å². The van der Waals surface area contributed by atoms with Gasteiger partial charge in [0.2, 0.25) is 0 Å². The molecule has 5 heteroatoms. The average molecular weight is 388 g/mol. The van der Waals surface area contributed by atoms with Gasteiger partial charge in [0.1, 0.15) is 11.5 Å². The molecule has 138 valence electrons. The fourth-order valence-corrected chi connectivity index (χ4v) is 5.18. The van der Waals surface area contributed by atoms with Crippen molar-refractivity contribution in [3.8, 4) is 11.5 Å². The summed E-state index contributed by atoms with van der Waals surface area (Å²) in [5.41, 5.74) is 3.45. The summed E-state index contributed by atoms with van der Waals surface area (Å²) in [6, 6.07) is 9.44. The van der Waals surface area contributed by atoms with Crippen LogP contribution < -0.4 is 0 Å². The van der Waals surface area contributed by atoms with Crippen molar-refractivity contribution >= 4 is 33.3 Å². The highest BCUT2D eigenvalue weighted by atomic mass is 32.2. The Morgan fingerprint density at radius 1 is 1.00 bits per heavy atom. The minimum Gasteiger partial charge on any atom is -0.508 e. The van der Waals surface area contributed by atoms with Crippen LogP contribution >= 0.6 is 23.1 Å². The summed E-state index contributed by atoms with van der Waals surface area (Å²) in [6.45, 7) is 10.8. The van der Waals surface area contributed by atoms with Gasteiger partial charge in [-0.3, -0.25) is 0 Å². The molecule has 3 nitrogen and oxygen atoms in total. The summed E-state index contributed by atoms with van der Waals surface area (Å²) in [5, 5.41) is 21.2. The molecule has 1 heterocycles. The summed E-state index contributed by atoms with van der Waals surface area (Å²) in [5.74, 6) is 0.428. The summed E-state index contributed by atoms with van der Waals surface area (Å²) < 4.78 is 1.14. The lowest BCUT2D eigenvalue weighted by Crippen LogP contribution is -2.24. The zero-order valence-electron chi connectivity index (χ0n) is 15.8. The van der Waals surface area contributed by atoms with Crippen LogP contribution in [-0.2, 0) is 5.41 Å². The van der Waals surface area contributed by atoms with E-state index in [2.05, 4.69) is 39.6 Å². The molecule has 0 atom stereocenters. The van der Waals surface area contributed by atoms with Crippen molar-refractivity contribution in [2.75, 3.05) is 0 Å². The van der Waals surface area contributed by atoms with Crippen LogP contribution in [0.25, 0.3) is 10.2 Å². The molecule has 2 N–H and O–H groups in total. The molecule has 3 rings (SSSR count). The molecule has 0 saturated heterocycles. The molecule has 0 unspecified atom stereocenters. The third-order valence-corrected chi connectivity index (χ3v) is 6.15. The Hall–Kier alpha value is -1.72. The van der Waals surface area contributed by atoms with Gasteiger partial charge in [0.05, 0.1) is 20.6 Å². The summed E-state index contributed by atoms with van der Waals surface area (Å²) in [7, 11) is 0. The van der Waals surface area contributed by atoms with E-state index < -0.39 is 0 Å². The molecule has 1 aromatic heterocycles. The van der Waals surface area contributed by atoms with Gasteiger partial charge < -0.3 is 10.2 Å². The van der Waals surface area contributed by atoms with Gasteiger partial charge in [-0.15, -0.1) is 11.3 Å². The third kappa shape index (κ3) is 4.15. The second kappa shape index (κ2) is 6.78. The Morgan fingerprint density at radius 2 is 1.73 bits per heavy atom. The maximum absolute atomic E-state index is 10.6. The number of nitrogens with zero attached hydrogens (tertiary/aromatic N) is 1. The molecule has 0 amide bonds. The van der Waals surface area contributed by atoms with E-state index in [4.69, 9.17) is 0 Å². The van der Waals surface area contributed by atoms with E-state index in [1.165, 1.54) is 11.8 Å². The molecule has 0 spiro atoms. The van der Waals surface area contributed by atoms with Gasteiger partial charge >= 0.3 is 0 Å². The van der Waals surface area contributed by atoms with Crippen molar-refractivity contribution < 1.29 is 10.2 Å². The van der Waals surface area contributed by atoms with Gasteiger partial charge in [-0.1, -0.05) is 46.4 Å². The molecule has 0 aliphatic carbocycles. The van der Waals surface area contributed by atoms with E-state index in [1.807, 2.05) is 23.7 Å². The minimum atomic E-state index is -0.234. The smallest absolute Gasteiger partial charge is 0.130 e. The van der Waals surface area contributed by atoms with Crippen molar-refractivity contribution in [1.82, 2.24) is 4.98 Å². The Bertz CT molecular complexity index is 939. The second-order valence-electron chi connectivity index (χ2n) is 8.54. The van der Waals surface area contributed by atoms with E-state index >= 15 is 0 Å². The standard InChI is InChI=1S/C21H25NO2S2/c1-20(2,3)11-21(4,5)14-9-17(24)19(10-16(14)23)26-13-6-7-18-15(8-13)22-12-25-18/h6-10,12,23-24H,11H2,1-5H3. The number of hydrogen-bond acceptors (Lipinski definition) is 5. The molecular formula is C21H25NO2S2. The number of fused-ring (bicyclic) bond motifs is 1. The zero-order valence-corrected chi connectivity index (χ0v) is 17.5. The Balaban J connectivity index is 1.91. The maximum Gasteiger partial charge on any atom is 0.130 e. The number of aromatic hydroxyl groups is 2. The summed E-state index contributed by atoms with van der Waals surface area (Å²) in [6.07, 6.45) is 0.903. The van der Waals surface area contributed by atoms with Crippen LogP contribution in [0.3, 0.4) is 0 Å². The molecule has 0 fully saturated rings. The number of thiazole rings is 1. The second-order valence-corrected chi connectivity index (χ2v) is 10.5. The van der Waals surface area contributed by atoms with E-state index in [-0.39, 0.29) is 22.3 Å². The van der Waals surface area contributed by atoms with Crippen molar-refractivity contribution in [3.63, 3.8) is 0 Å². The van der Waals surface area contributed by atoms with Crippen LogP contribution in [0.15, 0.2) is 45.6 Å². The van der Waals surface area contributed by atoms with Crippen molar-refractivity contribution in [2.24, 2.45) is 5.41 Å². The van der Waals surface area contributed by atoms with Crippen LogP contribution in [0.5, 0.6) is 11.5 Å². The molecular weight excluding hydrogens is 362 g/mol. The molecule has 0 saturated carbocycles. The first-order chi connectivity index (χ1) is 12.0. The first-order valence-corrected chi connectivity index (χ1v) is 10.3. The normalized spacial score (nSPS) is 12.7. The fraction of sp³-hybridized carbons (Fsp3) is 0.381. The molecule has 3 aromatic rings. The number of hydrogen-bond donors (Lipinski definition) is 2. The number of phenolic OH excluding ortho intramolecular Hbond substituents is 2. The quantitative estimate of drug-likeness (QED) is 0.497. The number of phenols is 2. The molecule has 2 aromatic carbocycles. The maximum atomic E-state index is 10.6. The van der Waals surface area contributed by atoms with E-state index in [9.17, 15) is 10.2 Å².